The zero-order valence-corrected chi connectivity index (χ0v) is 12.3. The number of aromatic carboxylic acids is 1. The van der Waals surface area contributed by atoms with Gasteiger partial charge in [0.05, 0.1) is 38.6 Å². The number of hydrogen-bond donors (Lipinski definition) is 1. The van der Waals surface area contributed by atoms with Crippen molar-refractivity contribution in [3.05, 3.63) is 33.8 Å². The summed E-state index contributed by atoms with van der Waals surface area (Å²) in [4.78, 5) is 10.8. The first-order valence-electron chi connectivity index (χ1n) is 5.81. The first-order chi connectivity index (χ1) is 9.15. The summed E-state index contributed by atoms with van der Waals surface area (Å²) < 4.78 is 16.3. The molecule has 0 atom stereocenters. The van der Waals surface area contributed by atoms with E-state index in [2.05, 4.69) is 15.9 Å². The molecule has 0 fully saturated rings. The van der Waals surface area contributed by atoms with Gasteiger partial charge in [0.2, 0.25) is 0 Å². The summed E-state index contributed by atoms with van der Waals surface area (Å²) in [5.74, 6) is -0.945. The Labute approximate surface area is 120 Å². The smallest absolute Gasteiger partial charge is 0.335 e. The van der Waals surface area contributed by atoms with Gasteiger partial charge in [0.1, 0.15) is 0 Å². The second kappa shape index (κ2) is 9.03. The Hall–Kier alpha value is -0.950. The van der Waals surface area contributed by atoms with Gasteiger partial charge in [-0.05, 0) is 17.7 Å². The highest BCUT2D eigenvalue weighted by Crippen LogP contribution is 2.19. The van der Waals surface area contributed by atoms with Crippen LogP contribution in [0.25, 0.3) is 0 Å². The highest BCUT2D eigenvalue weighted by Gasteiger charge is 2.06. The molecule has 0 aliphatic rings. The fourth-order valence-corrected chi connectivity index (χ4v) is 1.83. The summed E-state index contributed by atoms with van der Waals surface area (Å²) in [5, 5.41) is 8.84. The molecule has 6 heteroatoms. The van der Waals surface area contributed by atoms with Gasteiger partial charge in [-0.1, -0.05) is 22.0 Å². The Morgan fingerprint density at radius 1 is 1.21 bits per heavy atom. The molecule has 0 saturated heterocycles. The number of ether oxygens (including phenoxy) is 3. The average molecular weight is 333 g/mol. The normalized spacial score (nSPS) is 10.6. The van der Waals surface area contributed by atoms with Crippen molar-refractivity contribution in [1.29, 1.82) is 0 Å². The second-order valence-electron chi connectivity index (χ2n) is 3.77. The third-order valence-electron chi connectivity index (χ3n) is 2.36. The molecule has 0 aliphatic carbocycles. The number of carboxylic acids is 1. The van der Waals surface area contributed by atoms with E-state index in [0.717, 1.165) is 10.0 Å². The van der Waals surface area contributed by atoms with Gasteiger partial charge in [0.15, 0.2) is 0 Å². The van der Waals surface area contributed by atoms with Gasteiger partial charge >= 0.3 is 5.97 Å². The predicted molar refractivity (Wildman–Crippen MR) is 73.5 cm³/mol. The van der Waals surface area contributed by atoms with Crippen LogP contribution in [0.3, 0.4) is 0 Å². The number of hydrogen-bond acceptors (Lipinski definition) is 4. The van der Waals surface area contributed by atoms with E-state index in [-0.39, 0.29) is 5.56 Å². The minimum Gasteiger partial charge on any atom is -0.478 e. The third kappa shape index (κ3) is 6.15. The van der Waals surface area contributed by atoms with E-state index < -0.39 is 5.97 Å². The van der Waals surface area contributed by atoms with Crippen LogP contribution < -0.4 is 0 Å². The van der Waals surface area contributed by atoms with Gasteiger partial charge in [0, 0.05) is 11.6 Å². The quantitative estimate of drug-likeness (QED) is 0.703. The fraction of sp³-hybridized carbons (Fsp3) is 0.462. The highest BCUT2D eigenvalue weighted by molar-refractivity contribution is 9.10. The molecule has 0 aromatic heterocycles. The molecule has 1 aromatic carbocycles. The number of methoxy groups -OCH3 is 1. The van der Waals surface area contributed by atoms with Gasteiger partial charge in [-0.2, -0.15) is 0 Å². The number of carboxylic acid groups (broad SMARTS) is 1. The fourth-order valence-electron chi connectivity index (χ4n) is 1.34. The maximum Gasteiger partial charge on any atom is 0.335 e. The van der Waals surface area contributed by atoms with E-state index >= 15 is 0 Å². The van der Waals surface area contributed by atoms with Crippen molar-refractivity contribution in [1.82, 2.24) is 0 Å². The molecule has 0 unspecified atom stereocenters. The standard InChI is InChI=1S/C13H17BrO5/c1-17-4-5-18-6-7-19-9-11-3-2-10(13(15)16)8-12(11)14/h2-3,8H,4-7,9H2,1H3,(H,15,16). The van der Waals surface area contributed by atoms with E-state index in [1.807, 2.05) is 0 Å². The maximum absolute atomic E-state index is 10.8. The molecular weight excluding hydrogens is 316 g/mol. The Kier molecular flexibility index (Phi) is 7.66. The molecule has 5 nitrogen and oxygen atoms in total. The minimum absolute atomic E-state index is 0.249. The highest BCUT2D eigenvalue weighted by atomic mass is 79.9. The lowest BCUT2D eigenvalue weighted by Crippen LogP contribution is -2.08. The SMILES string of the molecule is COCCOCCOCc1ccc(C(=O)O)cc1Br. The number of rotatable bonds is 9. The minimum atomic E-state index is -0.945. The van der Waals surface area contributed by atoms with Crippen LogP contribution in [0.1, 0.15) is 15.9 Å². The van der Waals surface area contributed by atoms with E-state index in [1.54, 1.807) is 25.3 Å². The van der Waals surface area contributed by atoms with Crippen LogP contribution in [-0.2, 0) is 20.8 Å². The van der Waals surface area contributed by atoms with Crippen molar-refractivity contribution in [2.75, 3.05) is 33.5 Å². The molecule has 1 rings (SSSR count). The van der Waals surface area contributed by atoms with Crippen LogP contribution in [0.5, 0.6) is 0 Å². The lowest BCUT2D eigenvalue weighted by molar-refractivity contribution is 0.0198. The molecule has 0 spiro atoms. The zero-order valence-electron chi connectivity index (χ0n) is 10.7. The molecule has 19 heavy (non-hydrogen) atoms. The first kappa shape index (κ1) is 16.1. The van der Waals surface area contributed by atoms with Crippen LogP contribution in [0.2, 0.25) is 0 Å². The van der Waals surface area contributed by atoms with Crippen molar-refractivity contribution < 1.29 is 24.1 Å². The maximum atomic E-state index is 10.8. The van der Waals surface area contributed by atoms with Crippen molar-refractivity contribution in [2.24, 2.45) is 0 Å². The first-order valence-corrected chi connectivity index (χ1v) is 6.60. The molecule has 1 aromatic rings. The Morgan fingerprint density at radius 2 is 1.89 bits per heavy atom. The summed E-state index contributed by atoms with van der Waals surface area (Å²) in [6, 6.07) is 4.86. The molecular formula is C13H17BrO5. The summed E-state index contributed by atoms with van der Waals surface area (Å²) in [6.45, 7) is 2.53. The Morgan fingerprint density at radius 3 is 2.53 bits per heavy atom. The van der Waals surface area contributed by atoms with Gasteiger partial charge < -0.3 is 19.3 Å². The summed E-state index contributed by atoms with van der Waals surface area (Å²) in [6.07, 6.45) is 0. The molecule has 0 bridgehead atoms. The lowest BCUT2D eigenvalue weighted by atomic mass is 10.1. The third-order valence-corrected chi connectivity index (χ3v) is 3.10. The zero-order chi connectivity index (χ0) is 14.1. The van der Waals surface area contributed by atoms with Crippen molar-refractivity contribution in [2.45, 2.75) is 6.61 Å². The van der Waals surface area contributed by atoms with Crippen molar-refractivity contribution in [3.8, 4) is 0 Å². The van der Waals surface area contributed by atoms with E-state index in [0.29, 0.717) is 33.0 Å². The average Bonchev–Trinajstić information content (AvgIpc) is 2.39. The van der Waals surface area contributed by atoms with Crippen LogP contribution in [0.4, 0.5) is 0 Å². The molecule has 1 N–H and O–H groups in total. The molecule has 0 radical (unpaired) electrons. The number of carbonyl (C=O) groups is 1. The molecule has 106 valence electrons. The van der Waals surface area contributed by atoms with Gasteiger partial charge in [0.25, 0.3) is 0 Å². The van der Waals surface area contributed by atoms with Gasteiger partial charge in [-0.25, -0.2) is 4.79 Å². The van der Waals surface area contributed by atoms with Gasteiger partial charge in [-0.3, -0.25) is 0 Å². The molecule has 0 saturated carbocycles. The summed E-state index contributed by atoms with van der Waals surface area (Å²) >= 11 is 3.33. The lowest BCUT2D eigenvalue weighted by Gasteiger charge is -2.08. The van der Waals surface area contributed by atoms with Crippen LogP contribution in [-0.4, -0.2) is 44.6 Å². The van der Waals surface area contributed by atoms with E-state index in [9.17, 15) is 4.79 Å². The topological polar surface area (TPSA) is 65.0 Å². The van der Waals surface area contributed by atoms with E-state index in [4.69, 9.17) is 19.3 Å². The molecule has 0 aliphatic heterocycles. The van der Waals surface area contributed by atoms with Crippen LogP contribution >= 0.6 is 15.9 Å². The van der Waals surface area contributed by atoms with Crippen LogP contribution in [0.15, 0.2) is 22.7 Å². The van der Waals surface area contributed by atoms with Crippen LogP contribution in [0, 0.1) is 0 Å². The summed E-state index contributed by atoms with van der Waals surface area (Å²) in [5.41, 5.74) is 1.15. The largest absolute Gasteiger partial charge is 0.478 e. The Bertz CT molecular complexity index is 408. The summed E-state index contributed by atoms with van der Waals surface area (Å²) in [7, 11) is 1.62. The monoisotopic (exact) mass is 332 g/mol. The van der Waals surface area contributed by atoms with Crippen molar-refractivity contribution in [3.63, 3.8) is 0 Å². The van der Waals surface area contributed by atoms with E-state index in [1.165, 1.54) is 0 Å². The second-order valence-corrected chi connectivity index (χ2v) is 4.62. The Balaban J connectivity index is 2.28. The molecule has 0 amide bonds. The predicted octanol–water partition coefficient (Wildman–Crippen LogP) is 2.33. The van der Waals surface area contributed by atoms with Crippen molar-refractivity contribution >= 4 is 21.9 Å². The number of halogens is 1. The number of benzene rings is 1. The molecule has 0 heterocycles. The van der Waals surface area contributed by atoms with Gasteiger partial charge in [-0.15, -0.1) is 0 Å².